The molecule has 0 aliphatic heterocycles. The van der Waals surface area contributed by atoms with Gasteiger partial charge in [0.1, 0.15) is 0 Å². The molecule has 0 amide bonds. The molecule has 3 nitrogen and oxygen atoms in total. The molecule has 0 unspecified atom stereocenters. The lowest BCUT2D eigenvalue weighted by atomic mass is 10.3. The first-order chi connectivity index (χ1) is 9.11. The van der Waals surface area contributed by atoms with Crippen LogP contribution in [0.4, 0.5) is 0 Å². The predicted molar refractivity (Wildman–Crippen MR) is 79.2 cm³/mol. The van der Waals surface area contributed by atoms with Crippen LogP contribution in [-0.2, 0) is 0 Å². The smallest absolute Gasteiger partial charge is 0.233 e. The molecule has 2 rings (SSSR count). The summed E-state index contributed by atoms with van der Waals surface area (Å²) in [6.07, 6.45) is 0.792. The highest BCUT2D eigenvalue weighted by Crippen LogP contribution is 2.25. The second kappa shape index (κ2) is 6.51. The normalized spacial score (nSPS) is 10.7. The molecular weight excluding hydrogens is 307 g/mol. The van der Waals surface area contributed by atoms with Gasteiger partial charge in [-0.05, 0) is 31.5 Å². The van der Waals surface area contributed by atoms with Crippen molar-refractivity contribution in [3.8, 4) is 11.6 Å². The van der Waals surface area contributed by atoms with Gasteiger partial charge in [-0.3, -0.25) is 0 Å². The number of rotatable bonds is 5. The highest BCUT2D eigenvalue weighted by Gasteiger charge is 2.08. The van der Waals surface area contributed by atoms with E-state index in [2.05, 4.69) is 5.10 Å². The molecule has 0 saturated heterocycles. The summed E-state index contributed by atoms with van der Waals surface area (Å²) in [5.41, 5.74) is 1.80. The molecule has 1 aromatic carbocycles. The third-order valence-corrected chi connectivity index (χ3v) is 3.55. The first-order valence-corrected chi connectivity index (χ1v) is 7.11. The molecule has 0 fully saturated rings. The van der Waals surface area contributed by atoms with Crippen LogP contribution in [0.3, 0.4) is 0 Å². The van der Waals surface area contributed by atoms with Crippen molar-refractivity contribution in [3.05, 3.63) is 40.0 Å². The minimum Gasteiger partial charge on any atom is -0.477 e. The van der Waals surface area contributed by atoms with Gasteiger partial charge in [-0.15, -0.1) is 16.7 Å². The van der Waals surface area contributed by atoms with Crippen LogP contribution in [0.15, 0.2) is 24.3 Å². The Morgan fingerprint density at radius 2 is 2.00 bits per heavy atom. The van der Waals surface area contributed by atoms with Crippen LogP contribution in [0.1, 0.15) is 12.1 Å². The van der Waals surface area contributed by atoms with Crippen LogP contribution < -0.4 is 4.74 Å². The van der Waals surface area contributed by atoms with Gasteiger partial charge >= 0.3 is 0 Å². The van der Waals surface area contributed by atoms with Crippen LogP contribution >= 0.6 is 34.8 Å². The fourth-order valence-corrected chi connectivity index (χ4v) is 2.03. The lowest BCUT2D eigenvalue weighted by Crippen LogP contribution is -2.01. The van der Waals surface area contributed by atoms with E-state index in [0.717, 1.165) is 17.8 Å². The third-order valence-electron chi connectivity index (χ3n) is 2.54. The van der Waals surface area contributed by atoms with E-state index in [4.69, 9.17) is 39.5 Å². The lowest BCUT2D eigenvalue weighted by Gasteiger charge is -2.05. The SMILES string of the molecule is Cc1cc(OCCCCl)nn1-c1ccc(Cl)c(Cl)c1. The predicted octanol–water partition coefficient (Wildman–Crippen LogP) is 4.50. The molecule has 0 atom stereocenters. The minimum absolute atomic E-state index is 0.499. The summed E-state index contributed by atoms with van der Waals surface area (Å²) in [6, 6.07) is 7.24. The lowest BCUT2D eigenvalue weighted by molar-refractivity contribution is 0.304. The molecule has 0 aliphatic rings. The van der Waals surface area contributed by atoms with E-state index in [9.17, 15) is 0 Å². The second-order valence-corrected chi connectivity index (χ2v) is 5.22. The average Bonchev–Trinajstić information content (AvgIpc) is 2.74. The summed E-state index contributed by atoms with van der Waals surface area (Å²) in [7, 11) is 0. The fourth-order valence-electron chi connectivity index (χ4n) is 1.63. The van der Waals surface area contributed by atoms with Gasteiger partial charge < -0.3 is 4.74 Å². The Morgan fingerprint density at radius 1 is 1.21 bits per heavy atom. The quantitative estimate of drug-likeness (QED) is 0.599. The topological polar surface area (TPSA) is 27.1 Å². The largest absolute Gasteiger partial charge is 0.477 e. The van der Waals surface area contributed by atoms with E-state index < -0.39 is 0 Å². The summed E-state index contributed by atoms with van der Waals surface area (Å²) in [4.78, 5) is 0. The summed E-state index contributed by atoms with van der Waals surface area (Å²) >= 11 is 17.5. The molecule has 0 radical (unpaired) electrons. The van der Waals surface area contributed by atoms with Gasteiger partial charge in [0.05, 0.1) is 22.3 Å². The number of nitrogens with zero attached hydrogens (tertiary/aromatic N) is 2. The maximum absolute atomic E-state index is 6.01. The maximum Gasteiger partial charge on any atom is 0.233 e. The summed E-state index contributed by atoms with van der Waals surface area (Å²) in [5.74, 6) is 1.15. The number of alkyl halides is 1. The molecule has 0 N–H and O–H groups in total. The molecule has 0 aliphatic carbocycles. The zero-order valence-corrected chi connectivity index (χ0v) is 12.6. The van der Waals surface area contributed by atoms with Gasteiger partial charge in [0.25, 0.3) is 0 Å². The van der Waals surface area contributed by atoms with E-state index in [1.807, 2.05) is 19.1 Å². The van der Waals surface area contributed by atoms with E-state index >= 15 is 0 Å². The van der Waals surface area contributed by atoms with Gasteiger partial charge in [-0.25, -0.2) is 4.68 Å². The number of hydrogen-bond acceptors (Lipinski definition) is 2. The molecule has 6 heteroatoms. The van der Waals surface area contributed by atoms with Crippen LogP contribution in [0.5, 0.6) is 5.88 Å². The number of aryl methyl sites for hydroxylation is 1. The molecule has 102 valence electrons. The van der Waals surface area contributed by atoms with Gasteiger partial charge in [0.2, 0.25) is 5.88 Å². The van der Waals surface area contributed by atoms with Gasteiger partial charge in [0.15, 0.2) is 0 Å². The standard InChI is InChI=1S/C13H13Cl3N2O/c1-9-7-13(19-6-2-5-14)17-18(9)10-3-4-11(15)12(16)8-10/h3-4,7-8H,2,5-6H2,1H3. The molecule has 19 heavy (non-hydrogen) atoms. The average molecular weight is 320 g/mol. The molecule has 0 spiro atoms. The Labute approximate surface area is 127 Å². The van der Waals surface area contributed by atoms with Crippen molar-refractivity contribution in [2.24, 2.45) is 0 Å². The molecule has 1 heterocycles. The van der Waals surface area contributed by atoms with Crippen LogP contribution in [0.2, 0.25) is 10.0 Å². The Hall–Kier alpha value is -0.900. The van der Waals surface area contributed by atoms with Crippen molar-refractivity contribution in [1.82, 2.24) is 9.78 Å². The fraction of sp³-hybridized carbons (Fsp3) is 0.308. The van der Waals surface area contributed by atoms with Gasteiger partial charge in [0, 0.05) is 17.6 Å². The summed E-state index contributed by atoms with van der Waals surface area (Å²) in [5, 5.41) is 5.39. The zero-order valence-electron chi connectivity index (χ0n) is 10.4. The Morgan fingerprint density at radius 3 is 2.68 bits per heavy atom. The number of benzene rings is 1. The first kappa shape index (κ1) is 14.5. The van der Waals surface area contributed by atoms with Crippen molar-refractivity contribution in [1.29, 1.82) is 0 Å². The third kappa shape index (κ3) is 3.56. The highest BCUT2D eigenvalue weighted by atomic mass is 35.5. The van der Waals surface area contributed by atoms with Gasteiger partial charge in [-0.2, -0.15) is 0 Å². The maximum atomic E-state index is 6.01. The molecular formula is C13H13Cl3N2O. The second-order valence-electron chi connectivity index (χ2n) is 4.03. The minimum atomic E-state index is 0.499. The zero-order chi connectivity index (χ0) is 13.8. The molecule has 2 aromatic rings. The highest BCUT2D eigenvalue weighted by molar-refractivity contribution is 6.42. The number of aromatic nitrogens is 2. The van der Waals surface area contributed by atoms with Crippen molar-refractivity contribution in [2.45, 2.75) is 13.3 Å². The number of ether oxygens (including phenoxy) is 1. The molecule has 1 aromatic heterocycles. The van der Waals surface area contributed by atoms with E-state index in [0.29, 0.717) is 28.4 Å². The Bertz CT molecular complexity index is 569. The van der Waals surface area contributed by atoms with E-state index in [1.165, 1.54) is 0 Å². The van der Waals surface area contributed by atoms with E-state index in [1.54, 1.807) is 16.8 Å². The number of hydrogen-bond donors (Lipinski definition) is 0. The van der Waals surface area contributed by atoms with E-state index in [-0.39, 0.29) is 0 Å². The number of halogens is 3. The van der Waals surface area contributed by atoms with Crippen LogP contribution in [0, 0.1) is 6.92 Å². The Balaban J connectivity index is 2.22. The van der Waals surface area contributed by atoms with Crippen molar-refractivity contribution in [2.75, 3.05) is 12.5 Å². The molecule has 0 bridgehead atoms. The first-order valence-electron chi connectivity index (χ1n) is 5.82. The molecule has 0 saturated carbocycles. The van der Waals surface area contributed by atoms with Crippen molar-refractivity contribution in [3.63, 3.8) is 0 Å². The Kier molecular flexibility index (Phi) is 4.97. The van der Waals surface area contributed by atoms with Crippen molar-refractivity contribution >= 4 is 34.8 Å². The monoisotopic (exact) mass is 318 g/mol. The van der Waals surface area contributed by atoms with Crippen LogP contribution in [-0.4, -0.2) is 22.3 Å². The van der Waals surface area contributed by atoms with Crippen molar-refractivity contribution < 1.29 is 4.74 Å². The van der Waals surface area contributed by atoms with Gasteiger partial charge in [-0.1, -0.05) is 23.2 Å². The summed E-state index contributed by atoms with van der Waals surface area (Å²) in [6.45, 7) is 2.51. The summed E-state index contributed by atoms with van der Waals surface area (Å²) < 4.78 is 7.27. The van der Waals surface area contributed by atoms with Crippen LogP contribution in [0.25, 0.3) is 5.69 Å².